The molecular weight excluding hydrogens is 584 g/mol. The first-order valence-electron chi connectivity index (χ1n) is 10.3. The number of hydrogen-bond acceptors (Lipinski definition) is 13. The van der Waals surface area contributed by atoms with Crippen molar-refractivity contribution in [3.8, 4) is 5.75 Å². The van der Waals surface area contributed by atoms with E-state index in [-0.39, 0.29) is 75.6 Å². The van der Waals surface area contributed by atoms with Gasteiger partial charge < -0.3 is 26.9 Å². The van der Waals surface area contributed by atoms with Crippen LogP contribution in [0.4, 0.5) is 39.8 Å². The van der Waals surface area contributed by atoms with Gasteiger partial charge in [0.05, 0.1) is 27.6 Å². The van der Waals surface area contributed by atoms with E-state index in [9.17, 15) is 31.0 Å². The van der Waals surface area contributed by atoms with Gasteiger partial charge in [0, 0.05) is 11.4 Å². The van der Waals surface area contributed by atoms with Crippen LogP contribution in [0.1, 0.15) is 0 Å². The van der Waals surface area contributed by atoms with Gasteiger partial charge in [0.2, 0.25) is 0 Å². The van der Waals surface area contributed by atoms with Gasteiger partial charge in [0.15, 0.2) is 0 Å². The zero-order valence-electron chi connectivity index (χ0n) is 21.0. The van der Waals surface area contributed by atoms with E-state index in [0.717, 1.165) is 18.2 Å². The molecule has 0 aliphatic carbocycles. The number of nitrogens with zero attached hydrogens (tertiary/aromatic N) is 4. The first kappa shape index (κ1) is 33.6. The molecule has 4 aromatic carbocycles. The van der Waals surface area contributed by atoms with Gasteiger partial charge in [-0.3, -0.25) is 4.55 Å². The molecule has 18 heteroatoms. The van der Waals surface area contributed by atoms with Gasteiger partial charge in [-0.15, -0.1) is 10.2 Å². The predicted molar refractivity (Wildman–Crippen MR) is 136 cm³/mol. The molecule has 4 rings (SSSR count). The molecule has 0 radical (unpaired) electrons. The predicted octanol–water partition coefficient (Wildman–Crippen LogP) is -2.35. The van der Waals surface area contributed by atoms with Crippen LogP contribution in [-0.2, 0) is 20.2 Å². The van der Waals surface area contributed by atoms with E-state index in [0.29, 0.717) is 22.7 Å². The molecule has 40 heavy (non-hydrogen) atoms. The van der Waals surface area contributed by atoms with Crippen LogP contribution in [0.15, 0.2) is 90.9 Å². The van der Waals surface area contributed by atoms with Crippen molar-refractivity contribution in [1.82, 2.24) is 0 Å². The molecule has 0 amide bonds. The van der Waals surface area contributed by atoms with Crippen molar-refractivity contribution in [3.05, 3.63) is 60.7 Å². The second-order valence-corrected chi connectivity index (χ2v) is 10.6. The summed E-state index contributed by atoms with van der Waals surface area (Å²) in [7, 11) is -10.0. The van der Waals surface area contributed by atoms with E-state index in [2.05, 4.69) is 20.5 Å². The largest absolute Gasteiger partial charge is 1.00 e. The molecule has 196 valence electrons. The first-order chi connectivity index (χ1) is 17.7. The summed E-state index contributed by atoms with van der Waals surface area (Å²) in [5.41, 5.74) is 17.9. The molecule has 0 aromatic heterocycles. The molecule has 0 saturated heterocycles. The summed E-state index contributed by atoms with van der Waals surface area (Å²) in [6.07, 6.45) is 0. The maximum atomic E-state index is 13.0. The minimum absolute atomic E-state index is 0. The van der Waals surface area contributed by atoms with Crippen LogP contribution >= 0.6 is 0 Å². The van der Waals surface area contributed by atoms with Gasteiger partial charge in [-0.05, 0) is 71.4 Å². The summed E-state index contributed by atoms with van der Waals surface area (Å²) < 4.78 is 67.7. The minimum atomic E-state index is -5.03. The van der Waals surface area contributed by atoms with E-state index < -0.39 is 47.2 Å². The number of hydrogen-bond donors (Lipinski definition) is 4. The molecule has 0 heterocycles. The average Bonchev–Trinajstić information content (AvgIpc) is 2.82. The van der Waals surface area contributed by atoms with E-state index in [1.165, 1.54) is 30.3 Å². The number of azo groups is 2. The minimum Gasteiger partial charge on any atom is -0.870 e. The van der Waals surface area contributed by atoms with Crippen molar-refractivity contribution < 1.29 is 90.2 Å². The summed E-state index contributed by atoms with van der Waals surface area (Å²) >= 11 is 0. The number of nitrogen functional groups attached to an aromatic ring is 3. The van der Waals surface area contributed by atoms with Crippen molar-refractivity contribution in [3.63, 3.8) is 0 Å². The summed E-state index contributed by atoms with van der Waals surface area (Å²) in [6, 6.07) is 13.0. The zero-order chi connectivity index (χ0) is 27.8. The van der Waals surface area contributed by atoms with Crippen LogP contribution in [0.3, 0.4) is 0 Å². The normalized spacial score (nSPS) is 11.9. The fraction of sp³-hybridized carbons (Fsp3) is 0. The standard InChI is InChI=1S/C22H19N7O7S2.2Na/c23-12-1-6-18(16(24)9-12)28-26-13-2-4-14(5-3-13)27-29-21-19(38(34,35)36)8-11-7-15(37(31,32)33)10-17(25)20(11)22(21)30;;/h1-10,30H,23-25H2,(H,31,32,33)(H,34,35,36);;/q;2*+1/p-2. The molecule has 0 atom stereocenters. The molecule has 0 saturated carbocycles. The molecule has 0 bridgehead atoms. The van der Waals surface area contributed by atoms with Crippen LogP contribution < -0.4 is 81.4 Å². The monoisotopic (exact) mass is 601 g/mol. The van der Waals surface area contributed by atoms with Gasteiger partial charge in [0.1, 0.15) is 20.7 Å². The summed E-state index contributed by atoms with van der Waals surface area (Å²) in [6.45, 7) is 0. The number of anilines is 3. The summed E-state index contributed by atoms with van der Waals surface area (Å²) in [5.74, 6) is -1.06. The molecular formula is C22H17N7Na2O7S2. The molecule has 0 fully saturated rings. The number of rotatable bonds is 6. The zero-order valence-corrected chi connectivity index (χ0v) is 26.6. The van der Waals surface area contributed by atoms with Crippen molar-refractivity contribution in [2.75, 3.05) is 17.2 Å². The molecule has 0 unspecified atom stereocenters. The van der Waals surface area contributed by atoms with Crippen molar-refractivity contribution in [1.29, 1.82) is 0 Å². The van der Waals surface area contributed by atoms with Gasteiger partial charge in [-0.25, -0.2) is 8.42 Å². The van der Waals surface area contributed by atoms with Crippen LogP contribution in [0.25, 0.3) is 10.8 Å². The maximum Gasteiger partial charge on any atom is 1.00 e. The Morgan fingerprint density at radius 3 is 1.82 bits per heavy atom. The molecule has 14 nitrogen and oxygen atoms in total. The molecule has 0 spiro atoms. The second-order valence-electron chi connectivity index (χ2n) is 7.83. The van der Waals surface area contributed by atoms with E-state index in [4.69, 9.17) is 17.2 Å². The Bertz CT molecular complexity index is 1870. The Hall–Kier alpha value is -2.64. The Morgan fingerprint density at radius 2 is 1.30 bits per heavy atom. The van der Waals surface area contributed by atoms with Gasteiger partial charge in [0.25, 0.3) is 10.1 Å². The van der Waals surface area contributed by atoms with E-state index in [1.807, 2.05) is 0 Å². The fourth-order valence-corrected chi connectivity index (χ4v) is 4.58. The summed E-state index contributed by atoms with van der Waals surface area (Å²) in [4.78, 5) is -1.74. The van der Waals surface area contributed by atoms with Gasteiger partial charge >= 0.3 is 59.1 Å². The SMILES string of the molecule is Nc1ccc(N=Nc2ccc(N=Nc3c(S(=O)(=O)O)cc4cc(S(=O)(=O)[O-])cc(N)c4c3[O-])cc2)c(N)c1.[Na+].[Na+]. The molecule has 0 aliphatic rings. The number of benzene rings is 4. The quantitative estimate of drug-likeness (QED) is 0.0791. The van der Waals surface area contributed by atoms with Crippen molar-refractivity contribution in [2.45, 2.75) is 9.79 Å². The van der Waals surface area contributed by atoms with E-state index >= 15 is 0 Å². The third kappa shape index (κ3) is 7.55. The molecule has 4 aromatic rings. The molecule has 0 aliphatic heterocycles. The topological polar surface area (TPSA) is 262 Å². The Kier molecular flexibility index (Phi) is 10.8. The van der Waals surface area contributed by atoms with Crippen LogP contribution in [-0.4, -0.2) is 25.9 Å². The Morgan fingerprint density at radius 1 is 0.725 bits per heavy atom. The van der Waals surface area contributed by atoms with E-state index in [1.54, 1.807) is 12.1 Å². The smallest absolute Gasteiger partial charge is 0.870 e. The van der Waals surface area contributed by atoms with Gasteiger partial charge in [-0.2, -0.15) is 18.6 Å². The third-order valence-electron chi connectivity index (χ3n) is 5.14. The van der Waals surface area contributed by atoms with Crippen LogP contribution in [0.5, 0.6) is 5.75 Å². The first-order valence-corrected chi connectivity index (χ1v) is 13.2. The Balaban J connectivity index is 0.00000280. The average molecular weight is 602 g/mol. The maximum absolute atomic E-state index is 13.0. The van der Waals surface area contributed by atoms with Crippen LogP contribution in [0, 0.1) is 0 Å². The van der Waals surface area contributed by atoms with Crippen molar-refractivity contribution >= 4 is 70.8 Å². The number of fused-ring (bicyclic) bond motifs is 1. The van der Waals surface area contributed by atoms with Crippen molar-refractivity contribution in [2.24, 2.45) is 20.5 Å². The molecule has 7 N–H and O–H groups in total. The number of nitrogens with two attached hydrogens (primary N) is 3. The third-order valence-corrected chi connectivity index (χ3v) is 6.82. The van der Waals surface area contributed by atoms with Crippen LogP contribution in [0.2, 0.25) is 0 Å². The van der Waals surface area contributed by atoms with Gasteiger partial charge in [-0.1, -0.05) is 5.75 Å². The summed E-state index contributed by atoms with van der Waals surface area (Å²) in [5, 5.41) is 28.1. The fourth-order valence-electron chi connectivity index (χ4n) is 3.38. The Labute approximate surface area is 272 Å². The second kappa shape index (κ2) is 12.9.